The van der Waals surface area contributed by atoms with Crippen molar-refractivity contribution < 1.29 is 4.42 Å². The molecule has 0 saturated heterocycles. The summed E-state index contributed by atoms with van der Waals surface area (Å²) < 4.78 is 16.9. The smallest absolute Gasteiger partial charge is 0.159 e. The number of aromatic nitrogens is 4. The summed E-state index contributed by atoms with van der Waals surface area (Å²) in [5.41, 5.74) is 37.3. The average molecular weight is 1450 g/mol. The molecule has 0 fully saturated rings. The van der Waals surface area contributed by atoms with Crippen molar-refractivity contribution in [1.29, 1.82) is 0 Å². The highest BCUT2D eigenvalue weighted by Crippen LogP contribution is 2.49. The maximum Gasteiger partial charge on any atom is 0.159 e. The molecule has 24 rings (SSSR count). The number of nitrogens with zero attached hydrogens (tertiary/aromatic N) is 4. The third kappa shape index (κ3) is 9.92. The topological polar surface area (TPSA) is 32.9 Å². The molecule has 18 aromatic carbocycles. The van der Waals surface area contributed by atoms with Crippen LogP contribution in [0.15, 0.2) is 405 Å². The zero-order valence-electron chi connectivity index (χ0n) is 62.0. The van der Waals surface area contributed by atoms with Gasteiger partial charge in [-0.05, 0) is 240 Å². The average Bonchev–Trinajstić information content (AvgIpc) is 1.57. The second kappa shape index (κ2) is 25.3. The van der Waals surface area contributed by atoms with Crippen molar-refractivity contribution in [1.82, 2.24) is 18.3 Å². The van der Waals surface area contributed by atoms with Crippen LogP contribution in [0.3, 0.4) is 0 Å². The van der Waals surface area contributed by atoms with E-state index in [1.54, 1.807) is 0 Å². The lowest BCUT2D eigenvalue weighted by atomic mass is 9.93. The fourth-order valence-corrected chi connectivity index (χ4v) is 19.2. The Hall–Kier alpha value is -15.0. The molecule has 0 spiro atoms. The monoisotopic (exact) mass is 1450 g/mol. The minimum atomic E-state index is 0.831. The molecular weight excluding hydrogens is 1380 g/mol. The molecule has 23 aromatic rings. The van der Waals surface area contributed by atoms with Crippen LogP contribution in [0.2, 0.25) is 0 Å². The van der Waals surface area contributed by atoms with E-state index in [9.17, 15) is 0 Å². The van der Waals surface area contributed by atoms with E-state index in [0.29, 0.717) is 0 Å². The Bertz CT molecular complexity index is 7850. The molecule has 0 atom stereocenters. The summed E-state index contributed by atoms with van der Waals surface area (Å²) in [5, 5.41) is 11.9. The number of furan rings is 1. The number of para-hydroxylation sites is 5. The molecule has 0 aliphatic heterocycles. The van der Waals surface area contributed by atoms with Crippen LogP contribution in [0.1, 0.15) is 11.1 Å². The van der Waals surface area contributed by atoms with Crippen LogP contribution in [-0.4, -0.2) is 18.3 Å². The summed E-state index contributed by atoms with van der Waals surface area (Å²) in [6, 6.07) is 148. The first-order valence-corrected chi connectivity index (χ1v) is 39.4. The molecule has 0 saturated carbocycles. The Labute approximate surface area is 657 Å². The van der Waals surface area contributed by atoms with E-state index < -0.39 is 0 Å². The van der Waals surface area contributed by atoms with Crippen molar-refractivity contribution in [3.05, 3.63) is 412 Å². The van der Waals surface area contributed by atoms with Gasteiger partial charge in [0.15, 0.2) is 5.58 Å². The van der Waals surface area contributed by atoms with Gasteiger partial charge in [-0.2, -0.15) is 0 Å². The van der Waals surface area contributed by atoms with E-state index in [-0.39, 0.29) is 0 Å². The molecule has 0 unspecified atom stereocenters. The molecule has 5 heteroatoms. The summed E-state index contributed by atoms with van der Waals surface area (Å²) in [6.45, 7) is 0. The molecule has 0 bridgehead atoms. The molecule has 0 radical (unpaired) electrons. The maximum atomic E-state index is 7.16. The first-order chi connectivity index (χ1) is 56.5. The van der Waals surface area contributed by atoms with Crippen molar-refractivity contribution in [2.24, 2.45) is 0 Å². The summed E-state index contributed by atoms with van der Waals surface area (Å²) in [5.74, 6) is 0. The predicted molar refractivity (Wildman–Crippen MR) is 477 cm³/mol. The molecule has 5 heterocycles. The molecule has 5 aromatic heterocycles. The zero-order chi connectivity index (χ0) is 74.6. The lowest BCUT2D eigenvalue weighted by Gasteiger charge is -2.14. The van der Waals surface area contributed by atoms with Crippen LogP contribution in [0.25, 0.3) is 221 Å². The second-order valence-corrected chi connectivity index (χ2v) is 30.6. The van der Waals surface area contributed by atoms with Gasteiger partial charge < -0.3 is 22.7 Å². The molecule has 1 aliphatic rings. The van der Waals surface area contributed by atoms with Crippen molar-refractivity contribution in [3.8, 4) is 112 Å². The van der Waals surface area contributed by atoms with Gasteiger partial charge in [-0.15, -0.1) is 0 Å². The number of fused-ring (bicyclic) bond motifs is 18. The second-order valence-electron chi connectivity index (χ2n) is 30.6. The van der Waals surface area contributed by atoms with Crippen LogP contribution in [-0.2, 0) is 6.42 Å². The highest BCUT2D eigenvalue weighted by Gasteiger charge is 2.27. The predicted octanol–water partition coefficient (Wildman–Crippen LogP) is 29.2. The molecule has 0 N–H and O–H groups in total. The molecule has 530 valence electrons. The third-order valence-corrected chi connectivity index (χ3v) is 24.3. The molecule has 5 nitrogen and oxygen atoms in total. The van der Waals surface area contributed by atoms with Gasteiger partial charge in [0.25, 0.3) is 0 Å². The summed E-state index contributed by atoms with van der Waals surface area (Å²) in [4.78, 5) is 0. The minimum absolute atomic E-state index is 0.831. The first kappa shape index (κ1) is 63.8. The normalized spacial score (nSPS) is 12.2. The van der Waals surface area contributed by atoms with E-state index in [4.69, 9.17) is 4.42 Å². The molecule has 0 amide bonds. The fourth-order valence-electron chi connectivity index (χ4n) is 19.2. The van der Waals surface area contributed by atoms with Crippen molar-refractivity contribution in [3.63, 3.8) is 0 Å². The van der Waals surface area contributed by atoms with Gasteiger partial charge in [-0.25, -0.2) is 0 Å². The summed E-state index contributed by atoms with van der Waals surface area (Å²) in [6.07, 6.45) is 0.831. The Morgan fingerprint density at radius 1 is 0.184 bits per heavy atom. The molecule has 114 heavy (non-hydrogen) atoms. The Morgan fingerprint density at radius 2 is 0.605 bits per heavy atom. The van der Waals surface area contributed by atoms with Gasteiger partial charge in [0.05, 0.1) is 49.8 Å². The van der Waals surface area contributed by atoms with E-state index in [0.717, 1.165) is 73.3 Å². The third-order valence-electron chi connectivity index (χ3n) is 24.3. The Morgan fingerprint density at radius 3 is 1.18 bits per heavy atom. The molecule has 1 aliphatic carbocycles. The first-order valence-electron chi connectivity index (χ1n) is 39.4. The Balaban J connectivity index is 0.562. The number of hydrogen-bond donors (Lipinski definition) is 0. The largest absolute Gasteiger partial charge is 0.454 e. The van der Waals surface area contributed by atoms with E-state index in [2.05, 4.69) is 419 Å². The Kier molecular flexibility index (Phi) is 14.1. The standard InChI is InChI=1S/C109H68N4O/c1-6-24-68(25-7-1)77-57-78(69-26-8-2-9-27-69)60-84(59-77)112-98-40-20-17-35-89(98)94-62-72(46-53-101(94)112)73-47-54-102-95(64-73)90-36-18-21-41-99(90)113(102)104-42-22-38-91-108-87(37-23-43-106(108)114-109(91)104)76-44-50-85-80(56-76)58-81-61-83(49-51-86(81)85)111-97-39-19-16-34-88(97)93-63-74(45-52-100(93)111)75-48-55-103-96(65-75)107-92(71-30-12-4-13-31-71)66-79(70-28-10-3-11-29-70)67-105(107)110(103)82-32-14-5-15-33-82/h1-57,59-67H,58H2. The minimum Gasteiger partial charge on any atom is -0.454 e. The maximum absolute atomic E-state index is 7.16. The van der Waals surface area contributed by atoms with E-state index in [1.807, 2.05) is 0 Å². The van der Waals surface area contributed by atoms with Crippen LogP contribution in [0, 0.1) is 0 Å². The van der Waals surface area contributed by atoms with Gasteiger partial charge in [0, 0.05) is 70.9 Å². The van der Waals surface area contributed by atoms with Gasteiger partial charge >= 0.3 is 0 Å². The van der Waals surface area contributed by atoms with Gasteiger partial charge in [0.1, 0.15) is 5.58 Å². The molecular formula is C109H68N4O. The van der Waals surface area contributed by atoms with Crippen LogP contribution in [0.4, 0.5) is 0 Å². The number of benzene rings is 18. The summed E-state index contributed by atoms with van der Waals surface area (Å²) in [7, 11) is 0. The van der Waals surface area contributed by atoms with Gasteiger partial charge in [0.2, 0.25) is 0 Å². The lowest BCUT2D eigenvalue weighted by Crippen LogP contribution is -1.96. The quantitative estimate of drug-likeness (QED) is 0.127. The lowest BCUT2D eigenvalue weighted by molar-refractivity contribution is 0.666. The van der Waals surface area contributed by atoms with E-state index in [1.165, 1.54) is 165 Å². The van der Waals surface area contributed by atoms with Crippen molar-refractivity contribution in [2.45, 2.75) is 6.42 Å². The van der Waals surface area contributed by atoms with Crippen LogP contribution >= 0.6 is 0 Å². The summed E-state index contributed by atoms with van der Waals surface area (Å²) >= 11 is 0. The van der Waals surface area contributed by atoms with Crippen molar-refractivity contribution >= 4 is 109 Å². The van der Waals surface area contributed by atoms with Crippen molar-refractivity contribution in [2.75, 3.05) is 0 Å². The fraction of sp³-hybridized carbons (Fsp3) is 0.00917. The SMILES string of the molecule is c1ccc(-c2cc(-c3ccccc3)cc(-n3c4ccccc4c4cc(-c5ccc6c(c5)c5ccccc5n6-c5cccc6c5oc5cccc(-c7ccc8c(c7)Cc7cc(-n9c%10ccccc%10c%10cc(-c%11ccc%12c(c%11)c%11c(-c%13ccccc%13)cc(-c%13ccccc%13)cc%11n%12-c%11ccccc%11)ccc%109)ccc7-8)c56)ccc43)c2)cc1. The van der Waals surface area contributed by atoms with Crippen LogP contribution in [0.5, 0.6) is 0 Å². The zero-order valence-corrected chi connectivity index (χ0v) is 62.0. The van der Waals surface area contributed by atoms with Gasteiger partial charge in [-0.3, -0.25) is 0 Å². The number of hydrogen-bond acceptors (Lipinski definition) is 1. The van der Waals surface area contributed by atoms with Gasteiger partial charge in [-0.1, -0.05) is 267 Å². The highest BCUT2D eigenvalue weighted by molar-refractivity contribution is 6.20. The van der Waals surface area contributed by atoms with Crippen LogP contribution < -0.4 is 0 Å². The highest BCUT2D eigenvalue weighted by atomic mass is 16.3. The number of rotatable bonds is 11. The van der Waals surface area contributed by atoms with E-state index >= 15 is 0 Å².